The van der Waals surface area contributed by atoms with Gasteiger partial charge in [-0.1, -0.05) is 19.6 Å². The van der Waals surface area contributed by atoms with Crippen LogP contribution in [0.25, 0.3) is 16.6 Å². The molecule has 2 heterocycles. The molecule has 2 aromatic rings. The van der Waals surface area contributed by atoms with Crippen molar-refractivity contribution in [2.45, 2.75) is 51.5 Å². The maximum atomic E-state index is 12.2. The van der Waals surface area contributed by atoms with Crippen molar-refractivity contribution in [1.82, 2.24) is 15.3 Å². The van der Waals surface area contributed by atoms with Gasteiger partial charge < -0.3 is 15.6 Å². The fraction of sp³-hybridized carbons (Fsp3) is 0.478. The second-order valence-electron chi connectivity index (χ2n) is 8.75. The van der Waals surface area contributed by atoms with Crippen LogP contribution in [0.4, 0.5) is 5.82 Å². The third-order valence-electron chi connectivity index (χ3n) is 6.43. The van der Waals surface area contributed by atoms with Gasteiger partial charge >= 0.3 is 0 Å². The summed E-state index contributed by atoms with van der Waals surface area (Å²) in [7, 11) is 0. The number of hydrogen-bond acceptors (Lipinski definition) is 3. The molecule has 2 fully saturated rings. The molecule has 0 aliphatic heterocycles. The van der Waals surface area contributed by atoms with Crippen molar-refractivity contribution < 1.29 is 4.79 Å². The number of carbonyl (C=O) groups excluding carboxylic acids is 1. The molecule has 0 aromatic carbocycles. The number of nitrogens with zero attached hydrogens (tertiary/aromatic N) is 1. The molecule has 0 spiro atoms. The molecule has 3 aliphatic carbocycles. The third-order valence-corrected chi connectivity index (χ3v) is 6.43. The first-order valence-electron chi connectivity index (χ1n) is 10.5. The van der Waals surface area contributed by atoms with Crippen molar-refractivity contribution in [3.63, 3.8) is 0 Å². The van der Waals surface area contributed by atoms with Crippen LogP contribution in [-0.2, 0) is 4.79 Å². The van der Waals surface area contributed by atoms with Gasteiger partial charge in [0.25, 0.3) is 0 Å². The predicted molar refractivity (Wildman–Crippen MR) is 113 cm³/mol. The number of amides is 1. The van der Waals surface area contributed by atoms with Gasteiger partial charge in [0.1, 0.15) is 11.5 Å². The summed E-state index contributed by atoms with van der Waals surface area (Å²) in [5.74, 6) is 2.38. The molecule has 5 rings (SSSR count). The number of carbonyl (C=O) groups is 1. The summed E-state index contributed by atoms with van der Waals surface area (Å²) in [5.41, 5.74) is 4.58. The average molecular weight is 377 g/mol. The highest BCUT2D eigenvalue weighted by molar-refractivity contribution is 5.97. The van der Waals surface area contributed by atoms with Gasteiger partial charge in [0, 0.05) is 35.2 Å². The SMILES string of the molecule is C=C(NC1CC=C(c2cc(NC(=O)C3CC3)nc3[nH]ccc23)CC1)C1CC1C. The molecule has 3 atom stereocenters. The van der Waals surface area contributed by atoms with E-state index in [0.29, 0.717) is 17.8 Å². The molecule has 146 valence electrons. The van der Waals surface area contributed by atoms with Crippen LogP contribution >= 0.6 is 0 Å². The Morgan fingerprint density at radius 2 is 2.14 bits per heavy atom. The van der Waals surface area contributed by atoms with Crippen LogP contribution in [-0.4, -0.2) is 21.9 Å². The average Bonchev–Trinajstić information content (AvgIpc) is 3.60. The van der Waals surface area contributed by atoms with E-state index in [1.165, 1.54) is 23.3 Å². The summed E-state index contributed by atoms with van der Waals surface area (Å²) in [4.78, 5) is 20.0. The number of allylic oxidation sites excluding steroid dienone is 2. The Bertz CT molecular complexity index is 968. The quantitative estimate of drug-likeness (QED) is 0.690. The molecule has 3 aliphatic rings. The van der Waals surface area contributed by atoms with E-state index in [9.17, 15) is 4.79 Å². The maximum absolute atomic E-state index is 12.2. The second-order valence-corrected chi connectivity index (χ2v) is 8.75. The lowest BCUT2D eigenvalue weighted by molar-refractivity contribution is -0.117. The van der Waals surface area contributed by atoms with Crippen LogP contribution in [0.2, 0.25) is 0 Å². The smallest absolute Gasteiger partial charge is 0.228 e. The summed E-state index contributed by atoms with van der Waals surface area (Å²) in [6.07, 6.45) is 10.7. The number of aromatic amines is 1. The summed E-state index contributed by atoms with van der Waals surface area (Å²) < 4.78 is 0. The van der Waals surface area contributed by atoms with E-state index in [0.717, 1.165) is 49.1 Å². The van der Waals surface area contributed by atoms with Crippen molar-refractivity contribution in [1.29, 1.82) is 0 Å². The normalized spacial score (nSPS) is 26.6. The molecule has 5 heteroatoms. The molecule has 3 N–H and O–H groups in total. The summed E-state index contributed by atoms with van der Waals surface area (Å²) in [6.45, 7) is 6.54. The minimum Gasteiger partial charge on any atom is -0.386 e. The van der Waals surface area contributed by atoms with E-state index in [1.807, 2.05) is 12.3 Å². The molecule has 3 unspecified atom stereocenters. The highest BCUT2D eigenvalue weighted by Crippen LogP contribution is 2.42. The predicted octanol–water partition coefficient (Wildman–Crippen LogP) is 4.61. The minimum absolute atomic E-state index is 0.0964. The van der Waals surface area contributed by atoms with Gasteiger partial charge in [-0.15, -0.1) is 0 Å². The van der Waals surface area contributed by atoms with Gasteiger partial charge in [-0.2, -0.15) is 0 Å². The third kappa shape index (κ3) is 3.46. The van der Waals surface area contributed by atoms with Gasteiger partial charge in [-0.3, -0.25) is 4.79 Å². The standard InChI is InChI=1S/C23H28N4O/c1-13-11-19(13)14(2)25-17-7-5-15(6-8-17)20-12-21(27-23(28)16-3-4-16)26-22-18(20)9-10-24-22/h5,9-10,12-13,16-17,19,25H,2-4,6-8,11H2,1H3,(H2,24,26,27,28). The van der Waals surface area contributed by atoms with Crippen molar-refractivity contribution in [3.8, 4) is 0 Å². The Hall–Kier alpha value is -2.56. The highest BCUT2D eigenvalue weighted by atomic mass is 16.2. The first-order valence-corrected chi connectivity index (χ1v) is 10.5. The summed E-state index contributed by atoms with van der Waals surface area (Å²) in [6, 6.07) is 4.59. The van der Waals surface area contributed by atoms with Crippen LogP contribution in [0.5, 0.6) is 0 Å². The molecule has 0 bridgehead atoms. The lowest BCUT2D eigenvalue weighted by atomic mass is 9.89. The largest absolute Gasteiger partial charge is 0.386 e. The molecular weight excluding hydrogens is 348 g/mol. The fourth-order valence-electron chi connectivity index (χ4n) is 4.33. The summed E-state index contributed by atoms with van der Waals surface area (Å²) >= 11 is 0. The van der Waals surface area contributed by atoms with Crippen LogP contribution in [0.1, 0.15) is 51.0 Å². The van der Waals surface area contributed by atoms with Gasteiger partial charge in [0.2, 0.25) is 5.91 Å². The Balaban J connectivity index is 1.34. The van der Waals surface area contributed by atoms with E-state index >= 15 is 0 Å². The van der Waals surface area contributed by atoms with Crippen molar-refractivity contribution in [3.05, 3.63) is 42.2 Å². The molecule has 0 radical (unpaired) electrons. The molecule has 0 saturated heterocycles. The zero-order valence-electron chi connectivity index (χ0n) is 16.4. The van der Waals surface area contributed by atoms with Crippen molar-refractivity contribution in [2.24, 2.45) is 17.8 Å². The number of aromatic nitrogens is 2. The Morgan fingerprint density at radius 3 is 2.82 bits per heavy atom. The molecular formula is C23H28N4O. The van der Waals surface area contributed by atoms with E-state index in [4.69, 9.17) is 0 Å². The number of rotatable bonds is 6. The molecule has 28 heavy (non-hydrogen) atoms. The number of anilines is 1. The summed E-state index contributed by atoms with van der Waals surface area (Å²) in [5, 5.41) is 7.78. The van der Waals surface area contributed by atoms with Crippen LogP contribution in [0.15, 0.2) is 36.7 Å². The number of H-pyrrole nitrogens is 1. The monoisotopic (exact) mass is 376 g/mol. The van der Waals surface area contributed by atoms with E-state index in [-0.39, 0.29) is 11.8 Å². The lowest BCUT2D eigenvalue weighted by Crippen LogP contribution is -2.30. The molecule has 1 amide bonds. The van der Waals surface area contributed by atoms with E-state index in [1.54, 1.807) is 0 Å². The van der Waals surface area contributed by atoms with Gasteiger partial charge in [-0.05, 0) is 67.7 Å². The highest BCUT2D eigenvalue weighted by Gasteiger charge is 2.35. The number of fused-ring (bicyclic) bond motifs is 1. The minimum atomic E-state index is 0.0964. The van der Waals surface area contributed by atoms with E-state index < -0.39 is 0 Å². The van der Waals surface area contributed by atoms with Crippen molar-refractivity contribution >= 4 is 28.3 Å². The Labute approximate surface area is 165 Å². The molecule has 5 nitrogen and oxygen atoms in total. The van der Waals surface area contributed by atoms with Crippen LogP contribution in [0.3, 0.4) is 0 Å². The van der Waals surface area contributed by atoms with Gasteiger partial charge in [0.15, 0.2) is 0 Å². The second kappa shape index (κ2) is 6.80. The molecule has 2 aromatic heterocycles. The van der Waals surface area contributed by atoms with Crippen LogP contribution in [0, 0.1) is 17.8 Å². The van der Waals surface area contributed by atoms with E-state index in [2.05, 4.69) is 46.2 Å². The van der Waals surface area contributed by atoms with Crippen molar-refractivity contribution in [2.75, 3.05) is 5.32 Å². The van der Waals surface area contributed by atoms with Crippen LogP contribution < -0.4 is 10.6 Å². The lowest BCUT2D eigenvalue weighted by Gasteiger charge is -2.25. The first-order chi connectivity index (χ1) is 13.6. The number of pyridine rings is 1. The zero-order valence-corrected chi connectivity index (χ0v) is 16.4. The Kier molecular flexibility index (Phi) is 4.26. The first kappa shape index (κ1) is 17.5. The zero-order chi connectivity index (χ0) is 19.3. The maximum Gasteiger partial charge on any atom is 0.228 e. The topological polar surface area (TPSA) is 69.8 Å². The van der Waals surface area contributed by atoms with Gasteiger partial charge in [-0.25, -0.2) is 4.98 Å². The van der Waals surface area contributed by atoms with Gasteiger partial charge in [0.05, 0.1) is 0 Å². The number of nitrogens with one attached hydrogen (secondary N) is 3. The fourth-order valence-corrected chi connectivity index (χ4v) is 4.33. The Morgan fingerprint density at radius 1 is 1.32 bits per heavy atom. The number of hydrogen-bond donors (Lipinski definition) is 3. The molecule has 2 saturated carbocycles.